The van der Waals surface area contributed by atoms with Crippen molar-refractivity contribution >= 4 is 11.7 Å². The van der Waals surface area contributed by atoms with Crippen LogP contribution in [0.1, 0.15) is 130 Å². The maximum atomic E-state index is 14.1. The highest BCUT2D eigenvalue weighted by Crippen LogP contribution is 2.72. The Bertz CT molecular complexity index is 1650. The van der Waals surface area contributed by atoms with Crippen LogP contribution in [0.3, 0.4) is 0 Å². The highest BCUT2D eigenvalue weighted by Gasteiger charge is 2.70. The number of aliphatic hydroxyl groups is 4. The molecule has 9 aliphatic carbocycles. The molecule has 0 heterocycles. The monoisotopic (exact) mass is 730 g/mol. The molecule has 0 aliphatic heterocycles. The van der Waals surface area contributed by atoms with E-state index in [4.69, 9.17) is 11.5 Å². The van der Waals surface area contributed by atoms with Crippen LogP contribution in [0.5, 0.6) is 0 Å². The van der Waals surface area contributed by atoms with Gasteiger partial charge in [-0.25, -0.2) is 0 Å². The first-order valence-corrected chi connectivity index (χ1v) is 21.7. The Balaban J connectivity index is 1.13. The van der Waals surface area contributed by atoms with Crippen molar-refractivity contribution in [1.29, 1.82) is 0 Å². The molecular weight excluding hydrogens is 663 g/mol. The molecule has 6 fully saturated rings. The van der Waals surface area contributed by atoms with Gasteiger partial charge in [-0.2, -0.15) is 0 Å². The van der Waals surface area contributed by atoms with Crippen molar-refractivity contribution in [2.45, 2.75) is 154 Å². The molecule has 0 aromatic heterocycles. The quantitative estimate of drug-likeness (QED) is 0.116. The van der Waals surface area contributed by atoms with Gasteiger partial charge >= 0.3 is 0 Å². The van der Waals surface area contributed by atoms with Crippen LogP contribution in [0.4, 0.5) is 0 Å². The molecule has 9 rings (SSSR count). The predicted molar refractivity (Wildman–Crippen MR) is 206 cm³/mol. The fraction of sp³-hybridized carbons (Fsp3) is 0.822. The molecule has 8 N–H and O–H groups in total. The number of carbonyl (C=O) groups is 1. The summed E-state index contributed by atoms with van der Waals surface area (Å²) in [6.07, 6.45) is 15.8. The molecule has 292 valence electrons. The zero-order chi connectivity index (χ0) is 37.4. The number of hydrogen-bond acceptors (Lipinski definition) is 6. The number of aliphatic hydroxyl groups excluding tert-OH is 3. The normalized spacial score (nSPS) is 48.5. The molecule has 0 saturated heterocycles. The third-order valence-electron chi connectivity index (χ3n) is 18.1. The van der Waals surface area contributed by atoms with E-state index in [1.807, 2.05) is 0 Å². The van der Waals surface area contributed by atoms with Gasteiger partial charge in [-0.05, 0) is 148 Å². The van der Waals surface area contributed by atoms with Crippen molar-refractivity contribution in [2.75, 3.05) is 6.54 Å². The maximum absolute atomic E-state index is 14.1. The summed E-state index contributed by atoms with van der Waals surface area (Å²) < 4.78 is 0. The first kappa shape index (κ1) is 36.6. The number of fused-ring (bicyclic) bond motifs is 8. The Labute approximate surface area is 317 Å². The van der Waals surface area contributed by atoms with Gasteiger partial charge in [-0.1, -0.05) is 62.8 Å². The molecule has 1 spiro atoms. The summed E-state index contributed by atoms with van der Waals surface area (Å²) in [6, 6.07) is 0. The van der Waals surface area contributed by atoms with Crippen LogP contribution in [0.2, 0.25) is 0 Å². The Morgan fingerprint density at radius 2 is 1.64 bits per heavy atom. The predicted octanol–water partition coefficient (Wildman–Crippen LogP) is 6.11. The van der Waals surface area contributed by atoms with Crippen molar-refractivity contribution in [2.24, 2.45) is 86.0 Å². The van der Waals surface area contributed by atoms with E-state index in [-0.39, 0.29) is 54.2 Å². The van der Waals surface area contributed by atoms with Gasteiger partial charge in [0.05, 0.1) is 23.9 Å². The topological polar surface area (TPSA) is 162 Å². The lowest BCUT2D eigenvalue weighted by molar-refractivity contribution is -0.166. The number of nitrogens with zero attached hydrogens (tertiary/aromatic N) is 1. The molecule has 8 heteroatoms. The molecule has 0 bridgehead atoms. The Kier molecular flexibility index (Phi) is 8.64. The SMILES string of the molecule is CC(C)C1=C2CCCC3(CCCC3)C2C2=C3C(CCC2)CC(C2CCC4(O)C5=CC(=O)C6CC(O)C(O)CC6(C)C5C(CN=C(N)N)CC24C)C(O)C13. The average Bonchev–Trinajstić information content (AvgIpc) is 3.67. The van der Waals surface area contributed by atoms with Crippen molar-refractivity contribution in [1.82, 2.24) is 0 Å². The molecule has 6 saturated carbocycles. The lowest BCUT2D eigenvalue weighted by Gasteiger charge is -2.63. The third kappa shape index (κ3) is 4.99. The molecule has 0 aromatic rings. The van der Waals surface area contributed by atoms with Crippen LogP contribution in [-0.2, 0) is 4.79 Å². The van der Waals surface area contributed by atoms with Crippen molar-refractivity contribution in [3.63, 3.8) is 0 Å². The largest absolute Gasteiger partial charge is 0.392 e. The Hall–Kier alpha value is -2.00. The minimum Gasteiger partial charge on any atom is -0.392 e. The molecule has 0 aromatic carbocycles. The second-order valence-corrected chi connectivity index (χ2v) is 20.7. The number of rotatable bonds is 4. The number of nitrogens with two attached hydrogens (primary N) is 2. The summed E-state index contributed by atoms with van der Waals surface area (Å²) in [7, 11) is 0. The first-order chi connectivity index (χ1) is 25.1. The van der Waals surface area contributed by atoms with E-state index >= 15 is 0 Å². The fourth-order valence-electron chi connectivity index (χ4n) is 16.4. The van der Waals surface area contributed by atoms with Crippen LogP contribution in [0.15, 0.2) is 38.9 Å². The van der Waals surface area contributed by atoms with E-state index in [0.717, 1.165) is 18.4 Å². The van der Waals surface area contributed by atoms with Crippen molar-refractivity contribution in [3.05, 3.63) is 33.9 Å². The Morgan fingerprint density at radius 3 is 2.36 bits per heavy atom. The second kappa shape index (κ2) is 12.5. The highest BCUT2D eigenvalue weighted by molar-refractivity contribution is 5.95. The summed E-state index contributed by atoms with van der Waals surface area (Å²) >= 11 is 0. The van der Waals surface area contributed by atoms with E-state index in [2.05, 4.69) is 32.7 Å². The average molecular weight is 730 g/mol. The number of allylic oxidation sites excluding steroid dienone is 3. The molecule has 53 heavy (non-hydrogen) atoms. The molecule has 0 amide bonds. The van der Waals surface area contributed by atoms with Gasteiger partial charge in [0.2, 0.25) is 0 Å². The summed E-state index contributed by atoms with van der Waals surface area (Å²) in [6.45, 7) is 9.46. The molecule has 9 aliphatic rings. The van der Waals surface area contributed by atoms with Crippen LogP contribution in [-0.4, -0.2) is 62.6 Å². The standard InChI is InChI=1S/C45H67N3O5/c1-23(2)35-26-11-8-15-44(13-5-6-14-44)39(26)27-10-7-9-24-17-28(40(52)37(35)36(24)27)29-12-16-45(53)31-19-32(49)30-18-33(50)34(51)21-42(30,3)38(31)25(20-43(29,45)4)22-48-41(46)47/h19,23-25,28-30,33-34,37-40,50-53H,5-18,20-22H2,1-4H3,(H4,46,47,48). The minimum atomic E-state index is -1.22. The lowest BCUT2D eigenvalue weighted by Crippen LogP contribution is -2.64. The molecule has 14 unspecified atom stereocenters. The zero-order valence-corrected chi connectivity index (χ0v) is 32.8. The van der Waals surface area contributed by atoms with E-state index in [1.165, 1.54) is 64.2 Å². The van der Waals surface area contributed by atoms with E-state index in [0.29, 0.717) is 42.6 Å². The molecule has 14 atom stereocenters. The third-order valence-corrected chi connectivity index (χ3v) is 18.1. The summed E-state index contributed by atoms with van der Waals surface area (Å²) in [5, 5.41) is 48.1. The van der Waals surface area contributed by atoms with Crippen LogP contribution in [0.25, 0.3) is 0 Å². The number of hydrogen-bond donors (Lipinski definition) is 6. The molecule has 0 radical (unpaired) electrons. The summed E-state index contributed by atoms with van der Waals surface area (Å²) in [5.41, 5.74) is 17.3. The van der Waals surface area contributed by atoms with Crippen LogP contribution in [0, 0.1) is 69.5 Å². The maximum Gasteiger partial charge on any atom is 0.185 e. The number of aliphatic imine (C=N–C) groups is 1. The second-order valence-electron chi connectivity index (χ2n) is 20.7. The number of carbonyl (C=O) groups excluding carboxylic acids is 1. The lowest BCUT2D eigenvalue weighted by atomic mass is 9.42. The number of ketones is 1. The van der Waals surface area contributed by atoms with E-state index in [1.54, 1.807) is 28.4 Å². The number of guanidine groups is 1. The smallest absolute Gasteiger partial charge is 0.185 e. The Morgan fingerprint density at radius 1 is 0.925 bits per heavy atom. The van der Waals surface area contributed by atoms with E-state index < -0.39 is 40.7 Å². The fourth-order valence-corrected chi connectivity index (χ4v) is 16.4. The van der Waals surface area contributed by atoms with Gasteiger partial charge in [-0.3, -0.25) is 9.79 Å². The molecule has 8 nitrogen and oxygen atoms in total. The van der Waals surface area contributed by atoms with E-state index in [9.17, 15) is 25.2 Å². The van der Waals surface area contributed by atoms with Crippen LogP contribution >= 0.6 is 0 Å². The minimum absolute atomic E-state index is 0.0271. The van der Waals surface area contributed by atoms with Gasteiger partial charge < -0.3 is 31.9 Å². The van der Waals surface area contributed by atoms with Gasteiger partial charge in [0, 0.05) is 29.7 Å². The van der Waals surface area contributed by atoms with Crippen LogP contribution < -0.4 is 11.5 Å². The zero-order valence-electron chi connectivity index (χ0n) is 32.8. The summed E-state index contributed by atoms with van der Waals surface area (Å²) in [5.74, 6) is 0.902. The van der Waals surface area contributed by atoms with Crippen molar-refractivity contribution in [3.8, 4) is 0 Å². The van der Waals surface area contributed by atoms with Gasteiger partial charge in [0.1, 0.15) is 0 Å². The van der Waals surface area contributed by atoms with Gasteiger partial charge in [-0.15, -0.1) is 0 Å². The highest BCUT2D eigenvalue weighted by atomic mass is 16.3. The molecular formula is C45H67N3O5. The summed E-state index contributed by atoms with van der Waals surface area (Å²) in [4.78, 5) is 18.7. The van der Waals surface area contributed by atoms with Crippen molar-refractivity contribution < 1.29 is 25.2 Å². The van der Waals surface area contributed by atoms with Gasteiger partial charge in [0.15, 0.2) is 11.7 Å². The first-order valence-electron chi connectivity index (χ1n) is 21.7. The van der Waals surface area contributed by atoms with Gasteiger partial charge in [0.25, 0.3) is 0 Å².